The normalized spacial score (nSPS) is 14.6. The zero-order valence-electron chi connectivity index (χ0n) is 18.6. The fourth-order valence-electron chi connectivity index (χ4n) is 3.70. The Morgan fingerprint density at radius 1 is 1.24 bits per heavy atom. The lowest BCUT2D eigenvalue weighted by Crippen LogP contribution is -2.48. The lowest BCUT2D eigenvalue weighted by molar-refractivity contribution is -0.384. The Morgan fingerprint density at radius 3 is 2.65 bits per heavy atom. The van der Waals surface area contributed by atoms with Crippen molar-refractivity contribution in [3.05, 3.63) is 63.2 Å². The fourth-order valence-corrected chi connectivity index (χ4v) is 4.95. The van der Waals surface area contributed by atoms with Gasteiger partial charge >= 0.3 is 0 Å². The molecule has 0 spiro atoms. The van der Waals surface area contributed by atoms with Crippen LogP contribution in [-0.4, -0.2) is 67.1 Å². The summed E-state index contributed by atoms with van der Waals surface area (Å²) in [6, 6.07) is 9.85. The number of nitrogens with one attached hydrogen (secondary N) is 1. The number of anilines is 1. The number of fused-ring (bicyclic) bond motifs is 1. The van der Waals surface area contributed by atoms with Crippen molar-refractivity contribution < 1.29 is 14.5 Å². The van der Waals surface area contributed by atoms with E-state index in [-0.39, 0.29) is 11.6 Å². The highest BCUT2D eigenvalue weighted by Gasteiger charge is 2.21. The quantitative estimate of drug-likeness (QED) is 0.284. The van der Waals surface area contributed by atoms with E-state index in [9.17, 15) is 14.9 Å². The number of piperazine rings is 1. The van der Waals surface area contributed by atoms with Gasteiger partial charge in [0.15, 0.2) is 10.9 Å². The Balaban J connectivity index is 1.22. The number of aromatic nitrogens is 1. The minimum atomic E-state index is -0.452. The Kier molecular flexibility index (Phi) is 7.61. The zero-order chi connectivity index (χ0) is 24.1. The summed E-state index contributed by atoms with van der Waals surface area (Å²) in [4.78, 5) is 31.6. The predicted molar refractivity (Wildman–Crippen MR) is 135 cm³/mol. The van der Waals surface area contributed by atoms with Crippen LogP contribution in [0.1, 0.15) is 5.56 Å². The molecule has 1 fully saturated rings. The zero-order valence-corrected chi connectivity index (χ0v) is 20.1. The van der Waals surface area contributed by atoms with Gasteiger partial charge in [0, 0.05) is 57.5 Å². The molecule has 34 heavy (non-hydrogen) atoms. The molecule has 1 aliphatic rings. The van der Waals surface area contributed by atoms with Gasteiger partial charge in [-0.3, -0.25) is 19.8 Å². The van der Waals surface area contributed by atoms with Crippen molar-refractivity contribution >= 4 is 56.0 Å². The molecule has 1 saturated heterocycles. The maximum absolute atomic E-state index is 12.1. The smallest absolute Gasteiger partial charge is 0.269 e. The molecule has 0 saturated carbocycles. The van der Waals surface area contributed by atoms with Crippen molar-refractivity contribution in [3.63, 3.8) is 0 Å². The number of hydrogen-bond donors (Lipinski definition) is 1. The molecule has 0 unspecified atom stereocenters. The number of carbonyl (C=O) groups excluding carboxylic acids is 1. The number of halogens is 1. The monoisotopic (exact) mass is 501 g/mol. The van der Waals surface area contributed by atoms with E-state index in [2.05, 4.69) is 15.1 Å². The van der Waals surface area contributed by atoms with Gasteiger partial charge in [0.2, 0.25) is 5.91 Å². The average molecular weight is 502 g/mol. The minimum Gasteiger partial charge on any atom is -0.493 e. The van der Waals surface area contributed by atoms with Crippen molar-refractivity contribution in [2.75, 3.05) is 51.3 Å². The molecule has 9 nitrogen and oxygen atoms in total. The minimum absolute atomic E-state index is 0.0222. The highest BCUT2D eigenvalue weighted by Crippen LogP contribution is 2.38. The molecule has 1 aliphatic heterocycles. The van der Waals surface area contributed by atoms with Gasteiger partial charge in [-0.15, -0.1) is 0 Å². The molecule has 0 radical (unpaired) electrons. The summed E-state index contributed by atoms with van der Waals surface area (Å²) < 4.78 is 6.46. The first-order chi connectivity index (χ1) is 16.4. The number of nitro groups is 1. The van der Waals surface area contributed by atoms with Gasteiger partial charge < -0.3 is 15.0 Å². The molecule has 0 atom stereocenters. The highest BCUT2D eigenvalue weighted by atomic mass is 35.5. The van der Waals surface area contributed by atoms with Crippen LogP contribution in [0.4, 0.5) is 10.8 Å². The highest BCUT2D eigenvalue weighted by molar-refractivity contribution is 7.22. The molecule has 4 rings (SSSR count). The van der Waals surface area contributed by atoms with Gasteiger partial charge in [-0.05, 0) is 35.9 Å². The van der Waals surface area contributed by atoms with Gasteiger partial charge in [0.25, 0.3) is 5.69 Å². The second kappa shape index (κ2) is 10.8. The molecule has 2 heterocycles. The average Bonchev–Trinajstić information content (AvgIpc) is 3.28. The first-order valence-corrected chi connectivity index (χ1v) is 11.9. The number of non-ortho nitro benzene ring substituents is 1. The third kappa shape index (κ3) is 5.64. The number of nitrogens with zero attached hydrogens (tertiary/aromatic N) is 4. The van der Waals surface area contributed by atoms with E-state index in [0.29, 0.717) is 17.3 Å². The largest absolute Gasteiger partial charge is 0.493 e. The van der Waals surface area contributed by atoms with E-state index in [1.165, 1.54) is 18.2 Å². The Morgan fingerprint density at radius 2 is 1.97 bits per heavy atom. The molecule has 0 bridgehead atoms. The number of methoxy groups -OCH3 is 1. The fraction of sp³-hybridized carbons (Fsp3) is 0.304. The van der Waals surface area contributed by atoms with Gasteiger partial charge in [0.1, 0.15) is 5.52 Å². The second-order valence-corrected chi connectivity index (χ2v) is 9.14. The van der Waals surface area contributed by atoms with E-state index in [1.54, 1.807) is 36.7 Å². The summed E-state index contributed by atoms with van der Waals surface area (Å²) in [6.07, 6.45) is 3.07. The summed E-state index contributed by atoms with van der Waals surface area (Å²) in [5.41, 5.74) is 1.54. The molecule has 3 aromatic rings. The van der Waals surface area contributed by atoms with E-state index < -0.39 is 4.92 Å². The predicted octanol–water partition coefficient (Wildman–Crippen LogP) is 3.82. The molecule has 2 aromatic carbocycles. The van der Waals surface area contributed by atoms with E-state index >= 15 is 0 Å². The summed E-state index contributed by atoms with van der Waals surface area (Å²) in [5, 5.41) is 15.1. The van der Waals surface area contributed by atoms with Crippen LogP contribution in [0.15, 0.2) is 42.5 Å². The molecule has 1 aromatic heterocycles. The Bertz CT molecular complexity index is 1210. The molecular weight excluding hydrogens is 478 g/mol. The SMILES string of the molecule is COc1c(Cl)ccc2sc(N3CCN(CCNC(=O)/C=C\c4ccc([N+](=O)[O-])cc4)CC3)nc12. The summed E-state index contributed by atoms with van der Waals surface area (Å²) in [5.74, 6) is 0.415. The standard InChI is InChI=1S/C23H24ClN5O4S/c1-33-22-18(24)7-8-19-21(22)26-23(34-19)28-14-12-27(13-15-28)11-10-25-20(30)9-4-16-2-5-17(6-3-16)29(31)32/h2-9H,10-15H2,1H3,(H,25,30)/b9-4-. The Hall–Kier alpha value is -3.21. The van der Waals surface area contributed by atoms with Crippen LogP contribution in [0.2, 0.25) is 5.02 Å². The van der Waals surface area contributed by atoms with Gasteiger partial charge in [-0.1, -0.05) is 22.9 Å². The first kappa shape index (κ1) is 23.9. The number of amides is 1. The topological polar surface area (TPSA) is 101 Å². The molecular formula is C23H24ClN5O4S. The molecule has 1 amide bonds. The number of rotatable bonds is 8. The number of nitro benzene ring substituents is 1. The van der Waals surface area contributed by atoms with E-state index in [0.717, 1.165) is 53.6 Å². The summed E-state index contributed by atoms with van der Waals surface area (Å²) >= 11 is 7.85. The maximum atomic E-state index is 12.1. The Labute approximate surface area is 205 Å². The number of carbonyl (C=O) groups is 1. The van der Waals surface area contributed by atoms with Crippen LogP contribution >= 0.6 is 22.9 Å². The van der Waals surface area contributed by atoms with E-state index in [1.807, 2.05) is 12.1 Å². The molecule has 1 N–H and O–H groups in total. The molecule has 11 heteroatoms. The molecule has 0 aliphatic carbocycles. The summed E-state index contributed by atoms with van der Waals surface area (Å²) in [7, 11) is 1.60. The van der Waals surface area contributed by atoms with Crippen LogP contribution in [0.3, 0.4) is 0 Å². The van der Waals surface area contributed by atoms with Gasteiger partial charge in [0.05, 0.1) is 21.8 Å². The lowest BCUT2D eigenvalue weighted by atomic mass is 10.2. The number of ether oxygens (including phenoxy) is 1. The third-order valence-electron chi connectivity index (χ3n) is 5.56. The van der Waals surface area contributed by atoms with Crippen molar-refractivity contribution in [1.29, 1.82) is 0 Å². The second-order valence-electron chi connectivity index (χ2n) is 7.73. The summed E-state index contributed by atoms with van der Waals surface area (Å²) in [6.45, 7) is 4.76. The van der Waals surface area contributed by atoms with Crippen LogP contribution in [0.5, 0.6) is 5.75 Å². The lowest BCUT2D eigenvalue weighted by Gasteiger charge is -2.34. The van der Waals surface area contributed by atoms with Crippen molar-refractivity contribution in [2.45, 2.75) is 0 Å². The van der Waals surface area contributed by atoms with E-state index in [4.69, 9.17) is 21.3 Å². The van der Waals surface area contributed by atoms with Crippen LogP contribution in [0.25, 0.3) is 16.3 Å². The van der Waals surface area contributed by atoms with Crippen LogP contribution in [-0.2, 0) is 4.79 Å². The van der Waals surface area contributed by atoms with Crippen molar-refractivity contribution in [2.24, 2.45) is 0 Å². The first-order valence-electron chi connectivity index (χ1n) is 10.8. The number of thiazole rings is 1. The van der Waals surface area contributed by atoms with Crippen molar-refractivity contribution in [3.8, 4) is 5.75 Å². The number of hydrogen-bond acceptors (Lipinski definition) is 8. The van der Waals surface area contributed by atoms with Crippen LogP contribution in [0, 0.1) is 10.1 Å². The molecule has 178 valence electrons. The third-order valence-corrected chi connectivity index (χ3v) is 6.94. The number of benzene rings is 2. The van der Waals surface area contributed by atoms with Crippen LogP contribution < -0.4 is 15.0 Å². The van der Waals surface area contributed by atoms with Crippen molar-refractivity contribution in [1.82, 2.24) is 15.2 Å². The maximum Gasteiger partial charge on any atom is 0.269 e. The van der Waals surface area contributed by atoms with Gasteiger partial charge in [-0.25, -0.2) is 4.98 Å². The van der Waals surface area contributed by atoms with Gasteiger partial charge in [-0.2, -0.15) is 0 Å².